The molecular formula is C18H23F3N2O3S. The third-order valence-corrected chi connectivity index (χ3v) is 6.59. The van der Waals surface area contributed by atoms with Crippen LogP contribution in [0.4, 0.5) is 13.2 Å². The van der Waals surface area contributed by atoms with Crippen LogP contribution in [0.1, 0.15) is 48.9 Å². The molecular weight excluding hydrogens is 381 g/mol. The van der Waals surface area contributed by atoms with E-state index in [2.05, 4.69) is 10.0 Å². The van der Waals surface area contributed by atoms with Gasteiger partial charge in [-0.1, -0.05) is 18.9 Å². The quantitative estimate of drug-likeness (QED) is 0.765. The van der Waals surface area contributed by atoms with Gasteiger partial charge < -0.3 is 5.32 Å². The van der Waals surface area contributed by atoms with Crippen LogP contribution < -0.4 is 10.0 Å². The summed E-state index contributed by atoms with van der Waals surface area (Å²) in [5.74, 6) is -1.89. The van der Waals surface area contributed by atoms with Crippen molar-refractivity contribution < 1.29 is 26.4 Å². The van der Waals surface area contributed by atoms with Crippen molar-refractivity contribution in [2.24, 2.45) is 11.8 Å². The van der Waals surface area contributed by atoms with E-state index in [0.29, 0.717) is 25.3 Å². The fourth-order valence-electron chi connectivity index (χ4n) is 3.38. The molecule has 0 radical (unpaired) electrons. The van der Waals surface area contributed by atoms with E-state index < -0.39 is 34.1 Å². The largest absolute Gasteiger partial charge is 0.393 e. The lowest BCUT2D eigenvalue weighted by Gasteiger charge is -2.33. The molecule has 27 heavy (non-hydrogen) atoms. The molecule has 5 nitrogen and oxygen atoms in total. The number of rotatable bonds is 6. The summed E-state index contributed by atoms with van der Waals surface area (Å²) in [6, 6.07) is 4.41. The first-order chi connectivity index (χ1) is 12.7. The molecule has 9 heteroatoms. The van der Waals surface area contributed by atoms with Crippen LogP contribution in [-0.2, 0) is 10.0 Å². The average molecular weight is 404 g/mol. The van der Waals surface area contributed by atoms with E-state index >= 15 is 0 Å². The van der Waals surface area contributed by atoms with Gasteiger partial charge in [0.2, 0.25) is 10.0 Å². The Kier molecular flexibility index (Phi) is 5.81. The van der Waals surface area contributed by atoms with Gasteiger partial charge in [-0.15, -0.1) is 0 Å². The standard InChI is InChI=1S/C18H23F3N2O3S/c19-18(20,21)15-6-1-2-7-16(15)23-17(24)13-4-3-5-14(10-13)27(25,26)22-11-12-8-9-12/h3-5,10,12,15-16,22H,1-2,6-9,11H2,(H,23,24). The molecule has 2 fully saturated rings. The molecule has 2 aliphatic rings. The van der Waals surface area contributed by atoms with Crippen molar-refractivity contribution in [2.75, 3.05) is 6.54 Å². The van der Waals surface area contributed by atoms with Gasteiger partial charge in [0.1, 0.15) is 0 Å². The Hall–Kier alpha value is -1.61. The Balaban J connectivity index is 1.71. The lowest BCUT2D eigenvalue weighted by atomic mass is 9.84. The van der Waals surface area contributed by atoms with Gasteiger partial charge in [-0.2, -0.15) is 13.2 Å². The van der Waals surface area contributed by atoms with Crippen molar-refractivity contribution in [3.05, 3.63) is 29.8 Å². The van der Waals surface area contributed by atoms with Crippen molar-refractivity contribution in [1.82, 2.24) is 10.0 Å². The zero-order valence-electron chi connectivity index (χ0n) is 14.8. The van der Waals surface area contributed by atoms with Crippen LogP contribution in [0.15, 0.2) is 29.2 Å². The van der Waals surface area contributed by atoms with Crippen molar-refractivity contribution in [1.29, 1.82) is 0 Å². The summed E-state index contributed by atoms with van der Waals surface area (Å²) in [5, 5.41) is 2.46. The first-order valence-corrected chi connectivity index (χ1v) is 10.6. The molecule has 0 saturated heterocycles. The maximum atomic E-state index is 13.2. The number of hydrogen-bond donors (Lipinski definition) is 2. The summed E-state index contributed by atoms with van der Waals surface area (Å²) in [6.45, 7) is 0.355. The van der Waals surface area contributed by atoms with Crippen LogP contribution in [0.25, 0.3) is 0 Å². The van der Waals surface area contributed by atoms with E-state index in [9.17, 15) is 26.4 Å². The van der Waals surface area contributed by atoms with Crippen LogP contribution in [0.5, 0.6) is 0 Å². The summed E-state index contributed by atoms with van der Waals surface area (Å²) in [4.78, 5) is 12.4. The molecule has 2 atom stereocenters. The lowest BCUT2D eigenvalue weighted by molar-refractivity contribution is -0.187. The highest BCUT2D eigenvalue weighted by Crippen LogP contribution is 2.37. The first kappa shape index (κ1) is 20.1. The van der Waals surface area contributed by atoms with Gasteiger partial charge in [0.05, 0.1) is 10.8 Å². The number of hydrogen-bond acceptors (Lipinski definition) is 3. The second-order valence-corrected chi connectivity index (χ2v) is 9.10. The number of amides is 1. The molecule has 1 aromatic rings. The minimum atomic E-state index is -4.36. The van der Waals surface area contributed by atoms with Gasteiger partial charge >= 0.3 is 6.18 Å². The average Bonchev–Trinajstić information content (AvgIpc) is 3.44. The molecule has 2 N–H and O–H groups in total. The van der Waals surface area contributed by atoms with Gasteiger partial charge in [-0.25, -0.2) is 13.1 Å². The van der Waals surface area contributed by atoms with E-state index in [1.54, 1.807) is 0 Å². The molecule has 3 rings (SSSR count). The Labute approximate surface area is 156 Å². The molecule has 2 unspecified atom stereocenters. The van der Waals surface area contributed by atoms with Gasteiger partial charge in [-0.3, -0.25) is 4.79 Å². The first-order valence-electron chi connectivity index (χ1n) is 9.14. The molecule has 0 heterocycles. The van der Waals surface area contributed by atoms with Gasteiger partial charge in [0, 0.05) is 18.2 Å². The summed E-state index contributed by atoms with van der Waals surface area (Å²) >= 11 is 0. The highest BCUT2D eigenvalue weighted by molar-refractivity contribution is 7.89. The highest BCUT2D eigenvalue weighted by Gasteiger charge is 2.46. The number of sulfonamides is 1. The van der Waals surface area contributed by atoms with E-state index in [4.69, 9.17) is 0 Å². The van der Waals surface area contributed by atoms with E-state index in [0.717, 1.165) is 12.8 Å². The number of halogens is 3. The van der Waals surface area contributed by atoms with Crippen LogP contribution in [0.3, 0.4) is 0 Å². The van der Waals surface area contributed by atoms with E-state index in [1.165, 1.54) is 24.3 Å². The summed E-state index contributed by atoms with van der Waals surface area (Å²) in [7, 11) is -3.75. The molecule has 0 bridgehead atoms. The lowest BCUT2D eigenvalue weighted by Crippen LogP contribution is -2.47. The van der Waals surface area contributed by atoms with Crippen LogP contribution >= 0.6 is 0 Å². The fourth-order valence-corrected chi connectivity index (χ4v) is 4.55. The van der Waals surface area contributed by atoms with Gasteiger partial charge in [-0.05, 0) is 49.8 Å². The second kappa shape index (κ2) is 7.79. The fraction of sp³-hybridized carbons (Fsp3) is 0.611. The Morgan fingerprint density at radius 3 is 2.48 bits per heavy atom. The van der Waals surface area contributed by atoms with Crippen molar-refractivity contribution in [2.45, 2.75) is 55.6 Å². The molecule has 2 aliphatic carbocycles. The highest BCUT2D eigenvalue weighted by atomic mass is 32.2. The summed E-state index contributed by atoms with van der Waals surface area (Å²) in [5.41, 5.74) is 0.0378. The number of carbonyl (C=O) groups is 1. The normalized spacial score (nSPS) is 23.8. The molecule has 2 saturated carbocycles. The van der Waals surface area contributed by atoms with Crippen molar-refractivity contribution >= 4 is 15.9 Å². The van der Waals surface area contributed by atoms with E-state index in [-0.39, 0.29) is 23.3 Å². The number of alkyl halides is 3. The zero-order chi connectivity index (χ0) is 19.7. The predicted molar refractivity (Wildman–Crippen MR) is 93.6 cm³/mol. The minimum absolute atomic E-state index is 0.00600. The SMILES string of the molecule is O=C(NC1CCCCC1C(F)(F)F)c1cccc(S(=O)(=O)NCC2CC2)c1. The maximum absolute atomic E-state index is 13.2. The molecule has 0 aromatic heterocycles. The van der Waals surface area contributed by atoms with Crippen LogP contribution in [-0.4, -0.2) is 33.1 Å². The smallest absolute Gasteiger partial charge is 0.349 e. The van der Waals surface area contributed by atoms with Gasteiger partial charge in [0.15, 0.2) is 0 Å². The number of nitrogens with one attached hydrogen (secondary N) is 2. The Morgan fingerprint density at radius 1 is 1.11 bits per heavy atom. The van der Waals surface area contributed by atoms with Gasteiger partial charge in [0.25, 0.3) is 5.91 Å². The van der Waals surface area contributed by atoms with E-state index in [1.807, 2.05) is 0 Å². The summed E-state index contributed by atoms with van der Waals surface area (Å²) in [6.07, 6.45) is -1.02. The third kappa shape index (κ3) is 5.22. The molecule has 1 amide bonds. The molecule has 150 valence electrons. The second-order valence-electron chi connectivity index (χ2n) is 7.34. The monoisotopic (exact) mass is 404 g/mol. The van der Waals surface area contributed by atoms with Crippen molar-refractivity contribution in [3.8, 4) is 0 Å². The maximum Gasteiger partial charge on any atom is 0.393 e. The van der Waals surface area contributed by atoms with Crippen molar-refractivity contribution in [3.63, 3.8) is 0 Å². The van der Waals surface area contributed by atoms with Crippen LogP contribution in [0.2, 0.25) is 0 Å². The Bertz CT molecular complexity index is 791. The number of benzene rings is 1. The molecule has 1 aromatic carbocycles. The summed E-state index contributed by atoms with van der Waals surface area (Å²) < 4.78 is 66.7. The predicted octanol–water partition coefficient (Wildman–Crippen LogP) is 3.23. The molecule has 0 aliphatic heterocycles. The van der Waals surface area contributed by atoms with Crippen LogP contribution in [0, 0.1) is 11.8 Å². The third-order valence-electron chi connectivity index (χ3n) is 5.17. The molecule has 0 spiro atoms. The number of carbonyl (C=O) groups excluding carboxylic acids is 1. The zero-order valence-corrected chi connectivity index (χ0v) is 15.6. The Morgan fingerprint density at radius 2 is 1.81 bits per heavy atom. The topological polar surface area (TPSA) is 75.3 Å². The minimum Gasteiger partial charge on any atom is -0.349 e.